The van der Waals surface area contributed by atoms with Gasteiger partial charge in [-0.3, -0.25) is 0 Å². The number of nitrogens with two attached hydrogens (primary N) is 1. The molecule has 3 N–H and O–H groups in total. The lowest BCUT2D eigenvalue weighted by molar-refractivity contribution is 0.400. The number of rotatable bonds is 2. The van der Waals surface area contributed by atoms with Crippen molar-refractivity contribution in [2.75, 3.05) is 5.32 Å². The SMILES string of the molecule is CC(C)(C)n1ccnc1/N=C(\N)Nc1ccc(Cl)c(Cl)c1. The molecule has 2 aromatic rings. The second-order valence-corrected chi connectivity index (χ2v) is 6.33. The summed E-state index contributed by atoms with van der Waals surface area (Å²) < 4.78 is 1.94. The van der Waals surface area contributed by atoms with E-state index in [0.29, 0.717) is 21.7 Å². The summed E-state index contributed by atoms with van der Waals surface area (Å²) in [6.07, 6.45) is 3.56. The molecule has 7 heteroatoms. The van der Waals surface area contributed by atoms with Crippen LogP contribution in [0.3, 0.4) is 0 Å². The average Bonchev–Trinajstić information content (AvgIpc) is 2.81. The summed E-state index contributed by atoms with van der Waals surface area (Å²) in [7, 11) is 0. The van der Waals surface area contributed by atoms with Crippen LogP contribution >= 0.6 is 23.2 Å². The summed E-state index contributed by atoms with van der Waals surface area (Å²) in [5.74, 6) is 0.762. The Kier molecular flexibility index (Phi) is 4.44. The zero-order chi connectivity index (χ0) is 15.6. The van der Waals surface area contributed by atoms with E-state index >= 15 is 0 Å². The number of benzene rings is 1. The first-order valence-corrected chi connectivity index (χ1v) is 7.13. The van der Waals surface area contributed by atoms with Crippen LogP contribution in [0.2, 0.25) is 10.0 Å². The molecule has 0 bridgehead atoms. The molecule has 0 aliphatic carbocycles. The second kappa shape index (κ2) is 5.95. The third-order valence-corrected chi connectivity index (χ3v) is 3.50. The molecule has 1 aromatic heterocycles. The molecule has 112 valence electrons. The average molecular weight is 326 g/mol. The van der Waals surface area contributed by atoms with Gasteiger partial charge in [0.15, 0.2) is 0 Å². The highest BCUT2D eigenvalue weighted by Crippen LogP contribution is 2.25. The van der Waals surface area contributed by atoms with Crippen molar-refractivity contribution >= 4 is 40.8 Å². The number of hydrogen-bond donors (Lipinski definition) is 2. The van der Waals surface area contributed by atoms with Crippen molar-refractivity contribution in [2.45, 2.75) is 26.3 Å². The molecule has 0 fully saturated rings. The predicted octanol–water partition coefficient (Wildman–Crippen LogP) is 4.00. The first kappa shape index (κ1) is 15.7. The molecule has 0 aliphatic rings. The Hall–Kier alpha value is -1.72. The topological polar surface area (TPSA) is 68.2 Å². The number of nitrogens with one attached hydrogen (secondary N) is 1. The molecule has 0 spiro atoms. The zero-order valence-electron chi connectivity index (χ0n) is 12.1. The highest BCUT2D eigenvalue weighted by molar-refractivity contribution is 6.42. The van der Waals surface area contributed by atoms with E-state index in [2.05, 4.69) is 36.1 Å². The maximum atomic E-state index is 5.96. The maximum Gasteiger partial charge on any atom is 0.233 e. The maximum absolute atomic E-state index is 5.96. The first-order valence-electron chi connectivity index (χ1n) is 6.37. The van der Waals surface area contributed by atoms with Gasteiger partial charge in [-0.05, 0) is 39.0 Å². The third-order valence-electron chi connectivity index (χ3n) is 2.76. The van der Waals surface area contributed by atoms with E-state index in [4.69, 9.17) is 28.9 Å². The molecule has 1 heterocycles. The van der Waals surface area contributed by atoms with Crippen molar-refractivity contribution < 1.29 is 0 Å². The van der Waals surface area contributed by atoms with Gasteiger partial charge in [0.25, 0.3) is 0 Å². The van der Waals surface area contributed by atoms with Crippen molar-refractivity contribution in [1.82, 2.24) is 9.55 Å². The Morgan fingerprint density at radius 1 is 1.29 bits per heavy atom. The second-order valence-electron chi connectivity index (χ2n) is 5.52. The van der Waals surface area contributed by atoms with Crippen molar-refractivity contribution in [2.24, 2.45) is 10.7 Å². The van der Waals surface area contributed by atoms with Gasteiger partial charge in [-0.1, -0.05) is 23.2 Å². The summed E-state index contributed by atoms with van der Waals surface area (Å²) in [4.78, 5) is 8.50. The van der Waals surface area contributed by atoms with E-state index in [1.807, 2.05) is 10.8 Å². The molecule has 0 atom stereocenters. The Balaban J connectivity index is 2.22. The van der Waals surface area contributed by atoms with Crippen molar-refractivity contribution in [1.29, 1.82) is 0 Å². The van der Waals surface area contributed by atoms with Crippen LogP contribution in [0.25, 0.3) is 0 Å². The molecule has 0 saturated heterocycles. The lowest BCUT2D eigenvalue weighted by atomic mass is 10.1. The molecular formula is C14H17Cl2N5. The largest absolute Gasteiger partial charge is 0.369 e. The van der Waals surface area contributed by atoms with Crippen molar-refractivity contribution in [3.63, 3.8) is 0 Å². The van der Waals surface area contributed by atoms with E-state index in [1.165, 1.54) is 0 Å². The Labute approximate surface area is 133 Å². The van der Waals surface area contributed by atoms with E-state index in [0.717, 1.165) is 0 Å². The van der Waals surface area contributed by atoms with Crippen LogP contribution in [0.15, 0.2) is 35.6 Å². The number of guanidine groups is 1. The Bertz CT molecular complexity index is 670. The number of imidazole rings is 1. The number of anilines is 1. The van der Waals surface area contributed by atoms with E-state index < -0.39 is 0 Å². The molecule has 0 aliphatic heterocycles. The number of halogens is 2. The van der Waals surface area contributed by atoms with E-state index in [1.54, 1.807) is 24.4 Å². The monoisotopic (exact) mass is 325 g/mol. The number of aromatic nitrogens is 2. The lowest BCUT2D eigenvalue weighted by Crippen LogP contribution is -2.24. The number of nitrogens with zero attached hydrogens (tertiary/aromatic N) is 3. The minimum absolute atomic E-state index is 0.126. The molecule has 0 amide bonds. The van der Waals surface area contributed by atoms with Crippen LogP contribution in [-0.4, -0.2) is 15.5 Å². The molecule has 2 rings (SSSR count). The minimum atomic E-state index is -0.126. The molecule has 0 radical (unpaired) electrons. The normalized spacial score (nSPS) is 12.5. The van der Waals surface area contributed by atoms with Gasteiger partial charge < -0.3 is 15.6 Å². The van der Waals surface area contributed by atoms with Crippen LogP contribution in [-0.2, 0) is 5.54 Å². The summed E-state index contributed by atoms with van der Waals surface area (Å²) in [5.41, 5.74) is 6.49. The summed E-state index contributed by atoms with van der Waals surface area (Å²) in [6.45, 7) is 6.20. The van der Waals surface area contributed by atoms with Crippen LogP contribution in [0.4, 0.5) is 11.6 Å². The molecule has 1 aromatic carbocycles. The standard InChI is InChI=1S/C14H17Cl2N5/c1-14(2,3)21-7-6-18-13(21)20-12(17)19-9-4-5-10(15)11(16)8-9/h4-8H,1-3H3,(H3,17,18,19,20). The summed E-state index contributed by atoms with van der Waals surface area (Å²) in [6, 6.07) is 5.14. The Morgan fingerprint density at radius 2 is 2.00 bits per heavy atom. The Morgan fingerprint density at radius 3 is 2.62 bits per heavy atom. The van der Waals surface area contributed by atoms with Crippen LogP contribution in [0, 0.1) is 0 Å². The number of aliphatic imine (C=N–C) groups is 1. The molecule has 0 saturated carbocycles. The predicted molar refractivity (Wildman–Crippen MR) is 88.6 cm³/mol. The highest BCUT2D eigenvalue weighted by Gasteiger charge is 2.16. The van der Waals surface area contributed by atoms with Crippen LogP contribution < -0.4 is 11.1 Å². The fraction of sp³-hybridized carbons (Fsp3) is 0.286. The van der Waals surface area contributed by atoms with E-state index in [9.17, 15) is 0 Å². The zero-order valence-corrected chi connectivity index (χ0v) is 13.6. The highest BCUT2D eigenvalue weighted by atomic mass is 35.5. The molecule has 5 nitrogen and oxygen atoms in total. The van der Waals surface area contributed by atoms with Crippen LogP contribution in [0.5, 0.6) is 0 Å². The van der Waals surface area contributed by atoms with Gasteiger partial charge >= 0.3 is 0 Å². The van der Waals surface area contributed by atoms with Gasteiger partial charge in [0, 0.05) is 23.6 Å². The van der Waals surface area contributed by atoms with Gasteiger partial charge in [-0.2, -0.15) is 4.99 Å². The third kappa shape index (κ3) is 3.89. The molecular weight excluding hydrogens is 309 g/mol. The smallest absolute Gasteiger partial charge is 0.233 e. The van der Waals surface area contributed by atoms with Gasteiger partial charge in [0.2, 0.25) is 11.9 Å². The van der Waals surface area contributed by atoms with Gasteiger partial charge in [0.05, 0.1) is 10.0 Å². The van der Waals surface area contributed by atoms with E-state index in [-0.39, 0.29) is 11.5 Å². The van der Waals surface area contributed by atoms with Crippen molar-refractivity contribution in [3.05, 3.63) is 40.6 Å². The quantitative estimate of drug-likeness (QED) is 0.647. The molecule has 21 heavy (non-hydrogen) atoms. The fourth-order valence-corrected chi connectivity index (χ4v) is 2.06. The van der Waals surface area contributed by atoms with Gasteiger partial charge in [-0.15, -0.1) is 0 Å². The van der Waals surface area contributed by atoms with Crippen LogP contribution in [0.1, 0.15) is 20.8 Å². The lowest BCUT2D eigenvalue weighted by Gasteiger charge is -2.21. The first-order chi connectivity index (χ1) is 9.77. The fourth-order valence-electron chi connectivity index (χ4n) is 1.76. The molecule has 0 unspecified atom stereocenters. The summed E-state index contributed by atoms with van der Waals surface area (Å²) in [5, 5.41) is 3.89. The van der Waals surface area contributed by atoms with Crippen molar-refractivity contribution in [3.8, 4) is 0 Å². The van der Waals surface area contributed by atoms with Gasteiger partial charge in [-0.25, -0.2) is 4.98 Å². The van der Waals surface area contributed by atoms with Gasteiger partial charge in [0.1, 0.15) is 0 Å². The summed E-state index contributed by atoms with van der Waals surface area (Å²) >= 11 is 11.8. The minimum Gasteiger partial charge on any atom is -0.369 e. The number of hydrogen-bond acceptors (Lipinski definition) is 2.